The summed E-state index contributed by atoms with van der Waals surface area (Å²) in [4.78, 5) is 11.9. The third-order valence-corrected chi connectivity index (χ3v) is 3.56. The summed E-state index contributed by atoms with van der Waals surface area (Å²) in [6.45, 7) is 2.07. The quantitative estimate of drug-likeness (QED) is 0.627. The molecular weight excluding hydrogens is 276 g/mol. The molecule has 3 aromatic heterocycles. The molecule has 0 unspecified atom stereocenters. The van der Waals surface area contributed by atoms with Crippen LogP contribution in [0.25, 0.3) is 22.5 Å². The van der Waals surface area contributed by atoms with E-state index in [4.69, 9.17) is 4.52 Å². The molecule has 0 saturated carbocycles. The van der Waals surface area contributed by atoms with E-state index in [1.54, 1.807) is 6.20 Å². The molecule has 0 fully saturated rings. The Bertz CT molecular complexity index is 924. The lowest BCUT2D eigenvalue weighted by atomic mass is 10.2. The Morgan fingerprint density at radius 2 is 2.14 bits per heavy atom. The maximum Gasteiger partial charge on any atom is 0.274 e. The summed E-state index contributed by atoms with van der Waals surface area (Å²) in [5.74, 6) is 1.16. The molecule has 108 valence electrons. The van der Waals surface area contributed by atoms with E-state index >= 15 is 0 Å². The number of hydrogen-bond donors (Lipinski definition) is 1. The van der Waals surface area contributed by atoms with Gasteiger partial charge in [-0.3, -0.25) is 4.98 Å². The van der Waals surface area contributed by atoms with Crippen LogP contribution >= 0.6 is 0 Å². The van der Waals surface area contributed by atoms with Gasteiger partial charge in [-0.25, -0.2) is 0 Å². The minimum atomic E-state index is 0.507. The van der Waals surface area contributed by atoms with Crippen molar-refractivity contribution in [3.63, 3.8) is 0 Å². The summed E-state index contributed by atoms with van der Waals surface area (Å²) in [6, 6.07) is 12.2. The number of fused-ring (bicyclic) bond motifs is 1. The number of rotatable bonds is 3. The van der Waals surface area contributed by atoms with Gasteiger partial charge in [-0.05, 0) is 36.8 Å². The van der Waals surface area contributed by atoms with Crippen LogP contribution in [0.2, 0.25) is 0 Å². The van der Waals surface area contributed by atoms with Crippen LogP contribution in [0.1, 0.15) is 17.0 Å². The van der Waals surface area contributed by atoms with Crippen LogP contribution in [0.15, 0.2) is 53.3 Å². The van der Waals surface area contributed by atoms with Gasteiger partial charge in [0.2, 0.25) is 0 Å². The summed E-state index contributed by atoms with van der Waals surface area (Å²) < 4.78 is 5.37. The van der Waals surface area contributed by atoms with Crippen molar-refractivity contribution < 1.29 is 4.52 Å². The first-order chi connectivity index (χ1) is 10.8. The molecule has 22 heavy (non-hydrogen) atoms. The van der Waals surface area contributed by atoms with Crippen molar-refractivity contribution >= 4 is 10.9 Å². The fourth-order valence-electron chi connectivity index (χ4n) is 2.49. The summed E-state index contributed by atoms with van der Waals surface area (Å²) in [6.07, 6.45) is 4.16. The number of benzene rings is 1. The monoisotopic (exact) mass is 290 g/mol. The predicted molar refractivity (Wildman–Crippen MR) is 83.4 cm³/mol. The van der Waals surface area contributed by atoms with Gasteiger partial charge in [0.05, 0.1) is 0 Å². The summed E-state index contributed by atoms with van der Waals surface area (Å²) >= 11 is 0. The summed E-state index contributed by atoms with van der Waals surface area (Å²) in [5.41, 5.74) is 4.18. The number of aromatic nitrogens is 4. The first kappa shape index (κ1) is 12.8. The molecule has 4 aromatic rings. The van der Waals surface area contributed by atoms with Gasteiger partial charge in [0, 0.05) is 29.7 Å². The number of pyridine rings is 1. The van der Waals surface area contributed by atoms with Crippen LogP contribution in [0, 0.1) is 6.92 Å². The number of nitrogens with zero attached hydrogens (tertiary/aromatic N) is 3. The summed E-state index contributed by atoms with van der Waals surface area (Å²) in [5, 5.41) is 5.18. The van der Waals surface area contributed by atoms with Crippen molar-refractivity contribution in [1.82, 2.24) is 20.1 Å². The molecule has 3 heterocycles. The van der Waals surface area contributed by atoms with Crippen molar-refractivity contribution in [2.75, 3.05) is 0 Å². The minimum absolute atomic E-state index is 0.507. The number of hydrogen-bond acceptors (Lipinski definition) is 4. The molecular formula is C17H14N4O. The second-order valence-corrected chi connectivity index (χ2v) is 5.33. The van der Waals surface area contributed by atoms with Gasteiger partial charge in [-0.15, -0.1) is 0 Å². The van der Waals surface area contributed by atoms with Gasteiger partial charge in [0.15, 0.2) is 5.82 Å². The lowest BCUT2D eigenvalue weighted by molar-refractivity contribution is 0.423. The molecule has 0 spiro atoms. The zero-order valence-electron chi connectivity index (χ0n) is 12.1. The molecule has 1 N–H and O–H groups in total. The van der Waals surface area contributed by atoms with Crippen molar-refractivity contribution in [3.05, 3.63) is 65.7 Å². The molecule has 0 amide bonds. The van der Waals surface area contributed by atoms with E-state index in [1.807, 2.05) is 24.4 Å². The Balaban J connectivity index is 1.65. The van der Waals surface area contributed by atoms with Crippen molar-refractivity contribution in [2.24, 2.45) is 0 Å². The molecule has 4 rings (SSSR count). The highest BCUT2D eigenvalue weighted by atomic mass is 16.5. The smallest absolute Gasteiger partial charge is 0.274 e. The SMILES string of the molecule is Cc1ccc2[nH]c(-c3nc(Cc4cccnc4)no3)cc2c1. The normalized spacial score (nSPS) is 11.1. The standard InChI is InChI=1S/C17H14N4O/c1-11-4-5-14-13(7-11)9-15(19-14)17-20-16(21-22-17)8-12-3-2-6-18-10-12/h2-7,9-10,19H,8H2,1H3. The van der Waals surface area contributed by atoms with Gasteiger partial charge < -0.3 is 9.51 Å². The number of aryl methyl sites for hydroxylation is 1. The Hall–Kier alpha value is -2.95. The fourth-order valence-corrected chi connectivity index (χ4v) is 2.49. The molecule has 0 bridgehead atoms. The van der Waals surface area contributed by atoms with E-state index < -0.39 is 0 Å². The van der Waals surface area contributed by atoms with E-state index in [-0.39, 0.29) is 0 Å². The molecule has 0 atom stereocenters. The van der Waals surface area contributed by atoms with Crippen LogP contribution in [0.5, 0.6) is 0 Å². The Morgan fingerprint density at radius 3 is 3.00 bits per heavy atom. The average molecular weight is 290 g/mol. The predicted octanol–water partition coefficient (Wildman–Crippen LogP) is 3.51. The summed E-state index contributed by atoms with van der Waals surface area (Å²) in [7, 11) is 0. The molecule has 0 aliphatic heterocycles. The van der Waals surface area contributed by atoms with Crippen molar-refractivity contribution in [3.8, 4) is 11.6 Å². The molecule has 0 aliphatic carbocycles. The largest absolute Gasteiger partial charge is 0.351 e. The van der Waals surface area contributed by atoms with Gasteiger partial charge in [0.1, 0.15) is 5.69 Å². The van der Waals surface area contributed by atoms with Gasteiger partial charge in [-0.1, -0.05) is 22.9 Å². The zero-order chi connectivity index (χ0) is 14.9. The maximum absolute atomic E-state index is 5.37. The van der Waals surface area contributed by atoms with Crippen LogP contribution in [-0.4, -0.2) is 20.1 Å². The number of nitrogens with one attached hydrogen (secondary N) is 1. The van der Waals surface area contributed by atoms with Gasteiger partial charge in [0.25, 0.3) is 5.89 Å². The van der Waals surface area contributed by atoms with Crippen molar-refractivity contribution in [2.45, 2.75) is 13.3 Å². The van der Waals surface area contributed by atoms with Crippen LogP contribution in [0.4, 0.5) is 0 Å². The fraction of sp³-hybridized carbons (Fsp3) is 0.118. The van der Waals surface area contributed by atoms with Gasteiger partial charge >= 0.3 is 0 Å². The number of H-pyrrole nitrogens is 1. The second-order valence-electron chi connectivity index (χ2n) is 5.33. The van der Waals surface area contributed by atoms with Crippen LogP contribution in [-0.2, 0) is 6.42 Å². The second kappa shape index (κ2) is 5.11. The third-order valence-electron chi connectivity index (χ3n) is 3.56. The lowest BCUT2D eigenvalue weighted by Gasteiger charge is -1.93. The molecule has 0 radical (unpaired) electrons. The molecule has 5 nitrogen and oxygen atoms in total. The first-order valence-corrected chi connectivity index (χ1v) is 7.09. The van der Waals surface area contributed by atoms with E-state index in [0.29, 0.717) is 18.1 Å². The van der Waals surface area contributed by atoms with Crippen LogP contribution in [0.3, 0.4) is 0 Å². The average Bonchev–Trinajstić information content (AvgIpc) is 3.14. The Labute approximate surface area is 127 Å². The highest BCUT2D eigenvalue weighted by Gasteiger charge is 2.12. The Kier molecular flexibility index (Phi) is 2.96. The van der Waals surface area contributed by atoms with Crippen molar-refractivity contribution in [1.29, 1.82) is 0 Å². The zero-order valence-corrected chi connectivity index (χ0v) is 12.1. The van der Waals surface area contributed by atoms with Gasteiger partial charge in [-0.2, -0.15) is 4.98 Å². The van der Waals surface area contributed by atoms with E-state index in [2.05, 4.69) is 45.2 Å². The first-order valence-electron chi connectivity index (χ1n) is 7.09. The highest BCUT2D eigenvalue weighted by Crippen LogP contribution is 2.24. The topological polar surface area (TPSA) is 67.6 Å². The maximum atomic E-state index is 5.37. The molecule has 0 saturated heterocycles. The van der Waals surface area contributed by atoms with E-state index in [0.717, 1.165) is 22.2 Å². The van der Waals surface area contributed by atoms with E-state index in [9.17, 15) is 0 Å². The molecule has 1 aromatic carbocycles. The highest BCUT2D eigenvalue weighted by molar-refractivity contribution is 5.85. The van der Waals surface area contributed by atoms with Crippen LogP contribution < -0.4 is 0 Å². The lowest BCUT2D eigenvalue weighted by Crippen LogP contribution is -1.91. The minimum Gasteiger partial charge on any atom is -0.351 e. The molecule has 0 aliphatic rings. The molecule has 5 heteroatoms. The van der Waals surface area contributed by atoms with E-state index in [1.165, 1.54) is 5.56 Å². The third kappa shape index (κ3) is 2.37. The Morgan fingerprint density at radius 1 is 1.18 bits per heavy atom. The number of aromatic amines is 1.